The van der Waals surface area contributed by atoms with Crippen molar-refractivity contribution in [1.82, 2.24) is 15.2 Å². The third-order valence-electron chi connectivity index (χ3n) is 3.53. The Morgan fingerprint density at radius 3 is 2.70 bits per heavy atom. The van der Waals surface area contributed by atoms with Crippen LogP contribution in [0.5, 0.6) is 0 Å². The highest BCUT2D eigenvalue weighted by atomic mass is 35.5. The molecule has 1 aliphatic heterocycles. The van der Waals surface area contributed by atoms with Crippen LogP contribution < -0.4 is 10.2 Å². The third kappa shape index (κ3) is 3.64. The van der Waals surface area contributed by atoms with Crippen molar-refractivity contribution in [1.29, 1.82) is 0 Å². The fourth-order valence-electron chi connectivity index (χ4n) is 2.45. The summed E-state index contributed by atoms with van der Waals surface area (Å²) in [6, 6.07) is 5.77. The van der Waals surface area contributed by atoms with Crippen molar-refractivity contribution < 1.29 is 13.2 Å². The van der Waals surface area contributed by atoms with Crippen LogP contribution in [0, 0.1) is 0 Å². The van der Waals surface area contributed by atoms with E-state index < -0.39 is 11.9 Å². The van der Waals surface area contributed by atoms with Crippen LogP contribution in [-0.4, -0.2) is 34.3 Å². The molecule has 0 bridgehead atoms. The summed E-state index contributed by atoms with van der Waals surface area (Å²) in [5, 5.41) is 10.4. The van der Waals surface area contributed by atoms with Crippen molar-refractivity contribution in [3.05, 3.63) is 41.2 Å². The molecule has 5 nitrogen and oxygen atoms in total. The summed E-state index contributed by atoms with van der Waals surface area (Å²) in [5.74, 6) is 1.02. The molecule has 1 saturated heterocycles. The molecule has 1 N–H and O–H groups in total. The summed E-state index contributed by atoms with van der Waals surface area (Å²) in [6.45, 7) is 1.39. The van der Waals surface area contributed by atoms with Gasteiger partial charge in [-0.2, -0.15) is 13.2 Å². The molecule has 1 aliphatic rings. The van der Waals surface area contributed by atoms with Gasteiger partial charge in [0.15, 0.2) is 5.69 Å². The zero-order valence-electron chi connectivity index (χ0n) is 11.9. The average molecular weight is 344 g/mol. The highest BCUT2D eigenvalue weighted by Gasteiger charge is 2.33. The molecule has 0 aliphatic carbocycles. The number of hydrogen-bond acceptors (Lipinski definition) is 5. The fourth-order valence-corrected chi connectivity index (χ4v) is 2.69. The van der Waals surface area contributed by atoms with Crippen LogP contribution in [0.1, 0.15) is 12.1 Å². The number of pyridine rings is 1. The maximum absolute atomic E-state index is 12.5. The van der Waals surface area contributed by atoms with Crippen molar-refractivity contribution in [2.45, 2.75) is 18.6 Å². The van der Waals surface area contributed by atoms with Crippen molar-refractivity contribution in [2.75, 3.05) is 23.3 Å². The van der Waals surface area contributed by atoms with E-state index in [-0.39, 0.29) is 6.04 Å². The summed E-state index contributed by atoms with van der Waals surface area (Å²) in [6.07, 6.45) is -2.01. The number of nitrogens with zero attached hydrogens (tertiary/aromatic N) is 4. The lowest BCUT2D eigenvalue weighted by Gasteiger charge is -2.19. The van der Waals surface area contributed by atoms with Crippen molar-refractivity contribution in [3.8, 4) is 0 Å². The Hall–Kier alpha value is -2.09. The molecule has 9 heteroatoms. The first-order chi connectivity index (χ1) is 10.9. The van der Waals surface area contributed by atoms with Gasteiger partial charge in [0, 0.05) is 25.3 Å². The Bertz CT molecular complexity index is 677. The summed E-state index contributed by atoms with van der Waals surface area (Å²) in [5.41, 5.74) is -1.00. The van der Waals surface area contributed by atoms with E-state index in [2.05, 4.69) is 20.5 Å². The van der Waals surface area contributed by atoms with Gasteiger partial charge in [0.1, 0.15) is 11.6 Å². The molecule has 3 rings (SSSR count). The summed E-state index contributed by atoms with van der Waals surface area (Å²) >= 11 is 6.12. The van der Waals surface area contributed by atoms with Crippen LogP contribution in [0.3, 0.4) is 0 Å². The normalized spacial score (nSPS) is 18.3. The van der Waals surface area contributed by atoms with Crippen LogP contribution in [0.4, 0.5) is 24.8 Å². The Morgan fingerprint density at radius 2 is 2.04 bits per heavy atom. The quantitative estimate of drug-likeness (QED) is 0.927. The van der Waals surface area contributed by atoms with Gasteiger partial charge < -0.3 is 10.2 Å². The molecule has 0 amide bonds. The highest BCUT2D eigenvalue weighted by Crippen LogP contribution is 2.28. The smallest absolute Gasteiger partial charge is 0.364 e. The molecular weight excluding hydrogens is 331 g/mol. The van der Waals surface area contributed by atoms with Crippen LogP contribution >= 0.6 is 11.6 Å². The highest BCUT2D eigenvalue weighted by molar-refractivity contribution is 6.32. The molecule has 3 heterocycles. The second kappa shape index (κ2) is 6.19. The molecule has 2 aromatic heterocycles. The monoisotopic (exact) mass is 343 g/mol. The van der Waals surface area contributed by atoms with Crippen LogP contribution in [0.25, 0.3) is 0 Å². The first kappa shape index (κ1) is 15.8. The number of alkyl halides is 3. The minimum Gasteiger partial charge on any atom is -0.364 e. The molecule has 0 spiro atoms. The van der Waals surface area contributed by atoms with Gasteiger partial charge in [0.2, 0.25) is 0 Å². The zero-order valence-corrected chi connectivity index (χ0v) is 12.6. The largest absolute Gasteiger partial charge is 0.435 e. The first-order valence-electron chi connectivity index (χ1n) is 6.96. The number of halogens is 4. The van der Waals surface area contributed by atoms with Gasteiger partial charge in [-0.1, -0.05) is 11.6 Å². The molecule has 0 saturated carbocycles. The topological polar surface area (TPSA) is 53.9 Å². The van der Waals surface area contributed by atoms with Crippen LogP contribution in [0.15, 0.2) is 30.5 Å². The molecule has 1 unspecified atom stereocenters. The minimum absolute atomic E-state index is 0.0408. The van der Waals surface area contributed by atoms with Gasteiger partial charge in [-0.15, -0.1) is 10.2 Å². The van der Waals surface area contributed by atoms with E-state index in [1.165, 1.54) is 6.07 Å². The Labute approximate surface area is 135 Å². The van der Waals surface area contributed by atoms with Gasteiger partial charge in [0.25, 0.3) is 0 Å². The van der Waals surface area contributed by atoms with E-state index in [9.17, 15) is 13.2 Å². The first-order valence-corrected chi connectivity index (χ1v) is 7.34. The maximum Gasteiger partial charge on any atom is 0.435 e. The lowest BCUT2D eigenvalue weighted by atomic mass is 10.2. The van der Waals surface area contributed by atoms with Gasteiger partial charge >= 0.3 is 6.18 Å². The third-order valence-corrected chi connectivity index (χ3v) is 3.83. The van der Waals surface area contributed by atoms with E-state index in [0.717, 1.165) is 19.0 Å². The number of rotatable bonds is 3. The summed E-state index contributed by atoms with van der Waals surface area (Å²) in [4.78, 5) is 6.28. The Balaban J connectivity index is 1.63. The standard InChI is InChI=1S/C14H13ClF3N5/c15-10-2-1-6-19-13(10)23-7-5-9(8-23)20-12-4-3-11(21-22-12)14(16,17)18/h1-4,6,9H,5,7-8H2,(H,20,22). The van der Waals surface area contributed by atoms with E-state index in [4.69, 9.17) is 11.6 Å². The lowest BCUT2D eigenvalue weighted by Crippen LogP contribution is -2.27. The van der Waals surface area contributed by atoms with E-state index >= 15 is 0 Å². The van der Waals surface area contributed by atoms with E-state index in [0.29, 0.717) is 23.2 Å². The molecule has 0 radical (unpaired) electrons. The van der Waals surface area contributed by atoms with Crippen molar-refractivity contribution >= 4 is 23.2 Å². The Morgan fingerprint density at radius 1 is 1.22 bits per heavy atom. The lowest BCUT2D eigenvalue weighted by molar-refractivity contribution is -0.141. The molecule has 122 valence electrons. The van der Waals surface area contributed by atoms with Gasteiger partial charge in [-0.25, -0.2) is 4.98 Å². The average Bonchev–Trinajstić information content (AvgIpc) is 2.95. The molecule has 0 aromatic carbocycles. The summed E-state index contributed by atoms with van der Waals surface area (Å²) in [7, 11) is 0. The summed E-state index contributed by atoms with van der Waals surface area (Å²) < 4.78 is 37.4. The van der Waals surface area contributed by atoms with Gasteiger partial charge in [-0.3, -0.25) is 0 Å². The number of aromatic nitrogens is 3. The second-order valence-electron chi connectivity index (χ2n) is 5.19. The predicted octanol–water partition coefficient (Wildman–Crippen LogP) is 3.23. The van der Waals surface area contributed by atoms with Crippen LogP contribution in [-0.2, 0) is 6.18 Å². The molecule has 2 aromatic rings. The predicted molar refractivity (Wildman–Crippen MR) is 80.5 cm³/mol. The molecular formula is C14H13ClF3N5. The molecule has 1 atom stereocenters. The van der Waals surface area contributed by atoms with E-state index in [1.54, 1.807) is 18.3 Å². The minimum atomic E-state index is -4.48. The van der Waals surface area contributed by atoms with E-state index in [1.807, 2.05) is 4.90 Å². The fraction of sp³-hybridized carbons (Fsp3) is 0.357. The molecule has 1 fully saturated rings. The van der Waals surface area contributed by atoms with Crippen molar-refractivity contribution in [3.63, 3.8) is 0 Å². The zero-order chi connectivity index (χ0) is 16.4. The van der Waals surface area contributed by atoms with Gasteiger partial charge in [0.05, 0.1) is 5.02 Å². The Kier molecular flexibility index (Phi) is 4.25. The van der Waals surface area contributed by atoms with Crippen LogP contribution in [0.2, 0.25) is 5.02 Å². The van der Waals surface area contributed by atoms with Crippen molar-refractivity contribution in [2.24, 2.45) is 0 Å². The number of hydrogen-bond donors (Lipinski definition) is 1. The molecule has 23 heavy (non-hydrogen) atoms. The second-order valence-corrected chi connectivity index (χ2v) is 5.59. The number of anilines is 2. The maximum atomic E-state index is 12.5. The SMILES string of the molecule is FC(F)(F)c1ccc(NC2CCN(c3ncccc3Cl)C2)nn1. The number of nitrogens with one attached hydrogen (secondary N) is 1. The van der Waals surface area contributed by atoms with Gasteiger partial charge in [-0.05, 0) is 30.7 Å².